The third-order valence-electron chi connectivity index (χ3n) is 3.02. The Morgan fingerprint density at radius 1 is 1.29 bits per heavy atom. The number of halogens is 1. The van der Waals surface area contributed by atoms with E-state index in [2.05, 4.69) is 15.6 Å². The second kappa shape index (κ2) is 6.49. The van der Waals surface area contributed by atoms with Crippen molar-refractivity contribution in [1.29, 1.82) is 0 Å². The fraction of sp³-hybridized carbons (Fsp3) is 0.200. The van der Waals surface area contributed by atoms with Gasteiger partial charge in [0, 0.05) is 23.5 Å². The summed E-state index contributed by atoms with van der Waals surface area (Å²) >= 11 is 5.15. The van der Waals surface area contributed by atoms with E-state index < -0.39 is 0 Å². The Bertz CT molecular complexity index is 710. The van der Waals surface area contributed by atoms with Gasteiger partial charge in [0.2, 0.25) is 0 Å². The van der Waals surface area contributed by atoms with Gasteiger partial charge in [-0.3, -0.25) is 4.79 Å². The van der Waals surface area contributed by atoms with E-state index in [9.17, 15) is 9.18 Å². The Morgan fingerprint density at radius 2 is 1.95 bits per heavy atom. The highest BCUT2D eigenvalue weighted by atomic mass is 32.1. The average Bonchev–Trinajstić information content (AvgIpc) is 2.40. The van der Waals surface area contributed by atoms with E-state index in [0.29, 0.717) is 22.9 Å². The summed E-state index contributed by atoms with van der Waals surface area (Å²) in [6.07, 6.45) is 0. The van der Waals surface area contributed by atoms with Crippen LogP contribution in [0.2, 0.25) is 0 Å². The molecule has 0 bridgehead atoms. The summed E-state index contributed by atoms with van der Waals surface area (Å²) in [5.41, 5.74) is 2.94. The molecule has 0 saturated heterocycles. The normalized spacial score (nSPS) is 10.2. The van der Waals surface area contributed by atoms with Gasteiger partial charge < -0.3 is 15.6 Å². The standard InChI is InChI=1S/C15H16FN3OS/c1-9-7-10(2)18-14(20)13(9)8-17-15(21)19-12-5-3-11(16)4-6-12/h3-7H,8H2,1-2H3,(H,18,20)(H2,17,19,21). The third kappa shape index (κ3) is 4.13. The highest BCUT2D eigenvalue weighted by molar-refractivity contribution is 7.80. The minimum Gasteiger partial charge on any atom is -0.358 e. The van der Waals surface area contributed by atoms with Crippen molar-refractivity contribution in [3.8, 4) is 0 Å². The largest absolute Gasteiger partial charge is 0.358 e. The Labute approximate surface area is 127 Å². The Hall–Kier alpha value is -2.21. The second-order valence-electron chi connectivity index (χ2n) is 4.76. The van der Waals surface area contributed by atoms with Crippen molar-refractivity contribution in [2.45, 2.75) is 20.4 Å². The van der Waals surface area contributed by atoms with Crippen LogP contribution in [0.5, 0.6) is 0 Å². The average molecular weight is 305 g/mol. The summed E-state index contributed by atoms with van der Waals surface area (Å²) in [5.74, 6) is -0.304. The van der Waals surface area contributed by atoms with E-state index in [1.165, 1.54) is 12.1 Å². The summed E-state index contributed by atoms with van der Waals surface area (Å²) in [4.78, 5) is 14.6. The van der Waals surface area contributed by atoms with Crippen molar-refractivity contribution in [3.05, 3.63) is 63.3 Å². The first-order chi connectivity index (χ1) is 9.95. The number of aromatic nitrogens is 1. The molecule has 1 aromatic heterocycles. The molecule has 0 spiro atoms. The highest BCUT2D eigenvalue weighted by Gasteiger charge is 2.06. The van der Waals surface area contributed by atoms with Crippen LogP contribution in [-0.2, 0) is 6.54 Å². The van der Waals surface area contributed by atoms with Crippen molar-refractivity contribution < 1.29 is 4.39 Å². The van der Waals surface area contributed by atoms with Gasteiger partial charge in [-0.05, 0) is 62.0 Å². The molecule has 1 aromatic carbocycles. The van der Waals surface area contributed by atoms with Crippen LogP contribution in [0.1, 0.15) is 16.8 Å². The van der Waals surface area contributed by atoms with E-state index in [-0.39, 0.29) is 11.4 Å². The van der Waals surface area contributed by atoms with Gasteiger partial charge in [0.25, 0.3) is 5.56 Å². The van der Waals surface area contributed by atoms with E-state index in [4.69, 9.17) is 12.2 Å². The first-order valence-corrected chi connectivity index (χ1v) is 6.86. The Morgan fingerprint density at radius 3 is 2.57 bits per heavy atom. The van der Waals surface area contributed by atoms with Gasteiger partial charge >= 0.3 is 0 Å². The number of hydrogen-bond donors (Lipinski definition) is 3. The smallest absolute Gasteiger partial charge is 0.253 e. The molecule has 110 valence electrons. The number of rotatable bonds is 3. The molecule has 21 heavy (non-hydrogen) atoms. The maximum atomic E-state index is 12.8. The van der Waals surface area contributed by atoms with Gasteiger partial charge in [-0.1, -0.05) is 0 Å². The predicted molar refractivity (Wildman–Crippen MR) is 86.0 cm³/mol. The van der Waals surface area contributed by atoms with Crippen LogP contribution >= 0.6 is 12.2 Å². The quantitative estimate of drug-likeness (QED) is 0.763. The number of anilines is 1. The van der Waals surface area contributed by atoms with Crippen molar-refractivity contribution in [3.63, 3.8) is 0 Å². The second-order valence-corrected chi connectivity index (χ2v) is 5.17. The van der Waals surface area contributed by atoms with Gasteiger partial charge in [0.15, 0.2) is 5.11 Å². The number of nitrogens with one attached hydrogen (secondary N) is 3. The van der Waals surface area contributed by atoms with Crippen LogP contribution < -0.4 is 16.2 Å². The molecule has 6 heteroatoms. The molecule has 0 amide bonds. The van der Waals surface area contributed by atoms with Gasteiger partial charge in [-0.2, -0.15) is 0 Å². The first kappa shape index (κ1) is 15.2. The van der Waals surface area contributed by atoms with E-state index >= 15 is 0 Å². The molecule has 0 unspecified atom stereocenters. The molecule has 0 fully saturated rings. The van der Waals surface area contributed by atoms with Gasteiger partial charge in [0.1, 0.15) is 5.82 Å². The Kier molecular flexibility index (Phi) is 4.70. The van der Waals surface area contributed by atoms with Crippen LogP contribution in [0, 0.1) is 19.7 Å². The number of aryl methyl sites for hydroxylation is 2. The lowest BCUT2D eigenvalue weighted by molar-refractivity contribution is 0.628. The van der Waals surface area contributed by atoms with Crippen LogP contribution in [-0.4, -0.2) is 10.1 Å². The lowest BCUT2D eigenvalue weighted by Gasteiger charge is -2.11. The maximum absolute atomic E-state index is 12.8. The molecule has 0 atom stereocenters. The molecule has 2 rings (SSSR count). The van der Waals surface area contributed by atoms with Crippen molar-refractivity contribution in [2.24, 2.45) is 0 Å². The SMILES string of the molecule is Cc1cc(C)c(CNC(=S)Nc2ccc(F)cc2)c(=O)[nH]1. The third-order valence-corrected chi connectivity index (χ3v) is 3.27. The molecule has 3 N–H and O–H groups in total. The fourth-order valence-corrected chi connectivity index (χ4v) is 2.17. The summed E-state index contributed by atoms with van der Waals surface area (Å²) < 4.78 is 12.8. The first-order valence-electron chi connectivity index (χ1n) is 6.45. The number of hydrogen-bond acceptors (Lipinski definition) is 2. The minimum absolute atomic E-state index is 0.121. The van der Waals surface area contributed by atoms with E-state index in [0.717, 1.165) is 11.3 Å². The number of aromatic amines is 1. The molecule has 4 nitrogen and oxygen atoms in total. The van der Waals surface area contributed by atoms with Crippen molar-refractivity contribution in [2.75, 3.05) is 5.32 Å². The summed E-state index contributed by atoms with van der Waals surface area (Å²) in [5, 5.41) is 6.28. The zero-order valence-corrected chi connectivity index (χ0v) is 12.6. The predicted octanol–water partition coefficient (Wildman–Crippen LogP) is 2.62. The molecule has 2 aromatic rings. The number of benzene rings is 1. The van der Waals surface area contributed by atoms with Gasteiger partial charge in [-0.15, -0.1) is 0 Å². The van der Waals surface area contributed by atoms with E-state index in [1.54, 1.807) is 12.1 Å². The van der Waals surface area contributed by atoms with Crippen LogP contribution in [0.3, 0.4) is 0 Å². The number of pyridine rings is 1. The van der Waals surface area contributed by atoms with Gasteiger partial charge in [-0.25, -0.2) is 4.39 Å². The van der Waals surface area contributed by atoms with Crippen molar-refractivity contribution in [1.82, 2.24) is 10.3 Å². The van der Waals surface area contributed by atoms with Crippen LogP contribution in [0.15, 0.2) is 35.1 Å². The fourth-order valence-electron chi connectivity index (χ4n) is 1.98. The highest BCUT2D eigenvalue weighted by Crippen LogP contribution is 2.08. The maximum Gasteiger partial charge on any atom is 0.253 e. The van der Waals surface area contributed by atoms with Crippen molar-refractivity contribution >= 4 is 23.0 Å². The molecular formula is C15H16FN3OS. The molecular weight excluding hydrogens is 289 g/mol. The summed E-state index contributed by atoms with van der Waals surface area (Å²) in [6, 6.07) is 7.79. The number of thiocarbonyl (C=S) groups is 1. The lowest BCUT2D eigenvalue weighted by Crippen LogP contribution is -2.31. The molecule has 0 radical (unpaired) electrons. The molecule has 0 aliphatic rings. The molecule has 1 heterocycles. The zero-order chi connectivity index (χ0) is 15.4. The van der Waals surface area contributed by atoms with E-state index in [1.807, 2.05) is 19.9 Å². The molecule has 0 aliphatic heterocycles. The number of H-pyrrole nitrogens is 1. The van der Waals surface area contributed by atoms with Gasteiger partial charge in [0.05, 0.1) is 0 Å². The topological polar surface area (TPSA) is 56.9 Å². The summed E-state index contributed by atoms with van der Waals surface area (Å²) in [7, 11) is 0. The molecule has 0 saturated carbocycles. The summed E-state index contributed by atoms with van der Waals surface area (Å²) in [6.45, 7) is 4.05. The van der Waals surface area contributed by atoms with Crippen LogP contribution in [0.25, 0.3) is 0 Å². The lowest BCUT2D eigenvalue weighted by atomic mass is 10.1. The zero-order valence-electron chi connectivity index (χ0n) is 11.8. The molecule has 0 aliphatic carbocycles. The van der Waals surface area contributed by atoms with Crippen LogP contribution in [0.4, 0.5) is 10.1 Å². The Balaban J connectivity index is 1.98. The monoisotopic (exact) mass is 305 g/mol. The minimum atomic E-state index is -0.304.